The Bertz CT molecular complexity index is 894. The first-order valence-corrected chi connectivity index (χ1v) is 7.63. The average Bonchev–Trinajstić information content (AvgIpc) is 2.97. The summed E-state index contributed by atoms with van der Waals surface area (Å²) in [7, 11) is 0. The number of hydrogen-bond acceptors (Lipinski definition) is 3. The number of hydrogen-bond donors (Lipinski definition) is 0. The van der Waals surface area contributed by atoms with Gasteiger partial charge in [0.1, 0.15) is 0 Å². The number of benzene rings is 3. The molecule has 0 N–H and O–H groups in total. The molecule has 112 valence electrons. The molecule has 23 heavy (non-hydrogen) atoms. The number of carbonyl (C=O) groups excluding carboxylic acids is 1. The van der Waals surface area contributed by atoms with Crippen LogP contribution in [0.3, 0.4) is 0 Å². The Kier molecular flexibility index (Phi) is 3.39. The van der Waals surface area contributed by atoms with Crippen molar-refractivity contribution in [2.45, 2.75) is 12.5 Å². The van der Waals surface area contributed by atoms with Crippen LogP contribution in [0.15, 0.2) is 77.8 Å². The summed E-state index contributed by atoms with van der Waals surface area (Å²) in [6, 6.07) is 23.4. The van der Waals surface area contributed by atoms with Gasteiger partial charge in [0.25, 0.3) is 0 Å². The predicted octanol–water partition coefficient (Wildman–Crippen LogP) is 3.75. The Morgan fingerprint density at radius 3 is 2.48 bits per heavy atom. The summed E-state index contributed by atoms with van der Waals surface area (Å²) >= 11 is 0. The second-order valence-electron chi connectivity index (χ2n) is 5.58. The number of fused-ring (bicyclic) bond motifs is 1. The van der Waals surface area contributed by atoms with E-state index >= 15 is 0 Å². The van der Waals surface area contributed by atoms with E-state index in [1.807, 2.05) is 54.6 Å². The zero-order chi connectivity index (χ0) is 15.6. The summed E-state index contributed by atoms with van der Waals surface area (Å²) in [5, 5.41) is 2.33. The average molecular weight is 301 g/mol. The van der Waals surface area contributed by atoms with E-state index < -0.39 is 6.04 Å². The third kappa shape index (κ3) is 2.61. The van der Waals surface area contributed by atoms with Gasteiger partial charge in [-0.2, -0.15) is 0 Å². The van der Waals surface area contributed by atoms with E-state index in [-0.39, 0.29) is 5.97 Å². The molecule has 0 spiro atoms. The quantitative estimate of drug-likeness (QED) is 0.691. The molecule has 1 aliphatic rings. The molecule has 0 aromatic heterocycles. The third-order valence-corrected chi connectivity index (χ3v) is 4.06. The minimum Gasteiger partial charge on any atom is -0.406 e. The lowest BCUT2D eigenvalue weighted by molar-refractivity contribution is -0.134. The highest BCUT2D eigenvalue weighted by molar-refractivity contribution is 6.06. The SMILES string of the molecule is O=C1OC(c2ccccc2)=N[C@H]1Cc1cccc2ccccc12. The Labute approximate surface area is 134 Å². The van der Waals surface area contributed by atoms with Crippen LogP contribution in [0.2, 0.25) is 0 Å². The van der Waals surface area contributed by atoms with E-state index in [0.717, 1.165) is 16.5 Å². The predicted molar refractivity (Wildman–Crippen MR) is 90.5 cm³/mol. The van der Waals surface area contributed by atoms with Gasteiger partial charge in [0.2, 0.25) is 5.90 Å². The second kappa shape index (κ2) is 5.69. The minimum atomic E-state index is -0.476. The first-order chi connectivity index (χ1) is 11.3. The van der Waals surface area contributed by atoms with Crippen molar-refractivity contribution in [1.82, 2.24) is 0 Å². The highest BCUT2D eigenvalue weighted by Gasteiger charge is 2.30. The first kappa shape index (κ1) is 13.7. The van der Waals surface area contributed by atoms with Gasteiger partial charge in [-0.3, -0.25) is 0 Å². The molecule has 1 heterocycles. The molecule has 3 aromatic rings. The van der Waals surface area contributed by atoms with Crippen LogP contribution in [0.4, 0.5) is 0 Å². The molecule has 4 rings (SSSR count). The first-order valence-electron chi connectivity index (χ1n) is 7.63. The molecule has 0 amide bonds. The lowest BCUT2D eigenvalue weighted by Gasteiger charge is -2.07. The van der Waals surface area contributed by atoms with Gasteiger partial charge < -0.3 is 4.74 Å². The Hall–Kier alpha value is -2.94. The van der Waals surface area contributed by atoms with Crippen LogP contribution in [0.5, 0.6) is 0 Å². The van der Waals surface area contributed by atoms with Crippen molar-refractivity contribution in [3.8, 4) is 0 Å². The topological polar surface area (TPSA) is 38.7 Å². The van der Waals surface area contributed by atoms with Crippen LogP contribution in [0.1, 0.15) is 11.1 Å². The van der Waals surface area contributed by atoms with E-state index in [1.165, 1.54) is 5.39 Å². The van der Waals surface area contributed by atoms with Crippen LogP contribution >= 0.6 is 0 Å². The van der Waals surface area contributed by atoms with Gasteiger partial charge in [-0.05, 0) is 28.5 Å². The molecule has 0 unspecified atom stereocenters. The fraction of sp³-hybridized carbons (Fsp3) is 0.100. The summed E-state index contributed by atoms with van der Waals surface area (Å²) in [4.78, 5) is 16.6. The third-order valence-electron chi connectivity index (χ3n) is 4.06. The van der Waals surface area contributed by atoms with Gasteiger partial charge in [-0.15, -0.1) is 0 Å². The van der Waals surface area contributed by atoms with Crippen LogP contribution < -0.4 is 0 Å². The zero-order valence-corrected chi connectivity index (χ0v) is 12.5. The summed E-state index contributed by atoms with van der Waals surface area (Å²) in [6.07, 6.45) is 0.552. The number of ether oxygens (including phenoxy) is 1. The molecule has 3 nitrogen and oxygen atoms in total. The molecule has 3 aromatic carbocycles. The van der Waals surface area contributed by atoms with Crippen molar-refractivity contribution >= 4 is 22.6 Å². The number of esters is 1. The molecule has 1 atom stereocenters. The highest BCUT2D eigenvalue weighted by Crippen LogP contribution is 2.23. The lowest BCUT2D eigenvalue weighted by Crippen LogP contribution is -2.18. The normalized spacial score (nSPS) is 17.1. The van der Waals surface area contributed by atoms with Crippen LogP contribution in [-0.2, 0) is 16.0 Å². The van der Waals surface area contributed by atoms with Crippen molar-refractivity contribution in [1.29, 1.82) is 0 Å². The Morgan fingerprint density at radius 2 is 1.61 bits per heavy atom. The molecule has 1 aliphatic heterocycles. The van der Waals surface area contributed by atoms with Gasteiger partial charge in [0.05, 0.1) is 0 Å². The van der Waals surface area contributed by atoms with Gasteiger partial charge >= 0.3 is 5.97 Å². The Morgan fingerprint density at radius 1 is 0.870 bits per heavy atom. The number of rotatable bonds is 3. The molecular weight excluding hydrogens is 286 g/mol. The zero-order valence-electron chi connectivity index (χ0n) is 12.5. The van der Waals surface area contributed by atoms with Crippen molar-refractivity contribution < 1.29 is 9.53 Å². The van der Waals surface area contributed by atoms with Gasteiger partial charge in [0.15, 0.2) is 6.04 Å². The number of nitrogens with zero attached hydrogens (tertiary/aromatic N) is 1. The summed E-state index contributed by atoms with van der Waals surface area (Å²) < 4.78 is 5.36. The molecule has 0 fully saturated rings. The summed E-state index contributed by atoms with van der Waals surface area (Å²) in [6.45, 7) is 0. The van der Waals surface area contributed by atoms with Crippen LogP contribution in [0.25, 0.3) is 10.8 Å². The molecule has 0 bridgehead atoms. The lowest BCUT2D eigenvalue weighted by atomic mass is 9.99. The molecular formula is C20H15NO2. The van der Waals surface area contributed by atoms with E-state index in [1.54, 1.807) is 0 Å². The molecule has 0 saturated carbocycles. The van der Waals surface area contributed by atoms with Crippen LogP contribution in [-0.4, -0.2) is 17.9 Å². The summed E-state index contributed by atoms with van der Waals surface area (Å²) in [5.74, 6) is 0.137. The number of carbonyl (C=O) groups is 1. The largest absolute Gasteiger partial charge is 0.406 e. The maximum atomic E-state index is 12.2. The number of aliphatic imine (C=N–C) groups is 1. The van der Waals surface area contributed by atoms with Crippen molar-refractivity contribution in [2.24, 2.45) is 4.99 Å². The summed E-state index contributed by atoms with van der Waals surface area (Å²) in [5.41, 5.74) is 1.95. The highest BCUT2D eigenvalue weighted by atomic mass is 16.6. The van der Waals surface area contributed by atoms with Gasteiger partial charge in [0, 0.05) is 12.0 Å². The molecule has 0 aliphatic carbocycles. The van der Waals surface area contributed by atoms with Crippen molar-refractivity contribution in [2.75, 3.05) is 0 Å². The number of cyclic esters (lactones) is 1. The second-order valence-corrected chi connectivity index (χ2v) is 5.58. The monoisotopic (exact) mass is 301 g/mol. The maximum Gasteiger partial charge on any atom is 0.338 e. The van der Waals surface area contributed by atoms with E-state index in [0.29, 0.717) is 12.3 Å². The molecule has 0 saturated heterocycles. The van der Waals surface area contributed by atoms with Crippen LogP contribution in [0, 0.1) is 0 Å². The fourth-order valence-corrected chi connectivity index (χ4v) is 2.91. The fourth-order valence-electron chi connectivity index (χ4n) is 2.91. The van der Waals surface area contributed by atoms with E-state index in [2.05, 4.69) is 23.2 Å². The van der Waals surface area contributed by atoms with Crippen molar-refractivity contribution in [3.63, 3.8) is 0 Å². The Balaban J connectivity index is 1.66. The smallest absolute Gasteiger partial charge is 0.338 e. The van der Waals surface area contributed by atoms with E-state index in [4.69, 9.17) is 4.74 Å². The van der Waals surface area contributed by atoms with Gasteiger partial charge in [-0.1, -0.05) is 60.7 Å². The minimum absolute atomic E-state index is 0.281. The standard InChI is InChI=1S/C20H15NO2/c22-20-18(21-19(23-20)15-8-2-1-3-9-15)13-16-11-6-10-14-7-4-5-12-17(14)16/h1-12,18H,13H2/t18-/m0/s1. The molecule has 3 heteroatoms. The van der Waals surface area contributed by atoms with Gasteiger partial charge in [-0.25, -0.2) is 9.79 Å². The van der Waals surface area contributed by atoms with E-state index in [9.17, 15) is 4.79 Å². The maximum absolute atomic E-state index is 12.2. The van der Waals surface area contributed by atoms with Crippen molar-refractivity contribution in [3.05, 3.63) is 83.9 Å². The molecule has 0 radical (unpaired) electrons.